The van der Waals surface area contributed by atoms with Crippen LogP contribution in [0.15, 0.2) is 12.4 Å². The Kier molecular flexibility index (Phi) is 3.50. The van der Waals surface area contributed by atoms with Crippen LogP contribution in [-0.4, -0.2) is 14.8 Å². The normalized spacial score (nSPS) is 10.9. The van der Waals surface area contributed by atoms with Crippen molar-refractivity contribution in [2.45, 2.75) is 47.6 Å². The molecule has 0 saturated heterocycles. The molecule has 3 heteroatoms. The van der Waals surface area contributed by atoms with Crippen LogP contribution in [0.3, 0.4) is 0 Å². The maximum absolute atomic E-state index is 4.77. The minimum absolute atomic E-state index is 0.893. The van der Waals surface area contributed by atoms with Crippen LogP contribution in [0.5, 0.6) is 0 Å². The summed E-state index contributed by atoms with van der Waals surface area (Å²) in [5.74, 6) is 0. The Bertz CT molecular complexity index is 567. The van der Waals surface area contributed by atoms with E-state index in [9.17, 15) is 0 Å². The van der Waals surface area contributed by atoms with Crippen molar-refractivity contribution in [2.24, 2.45) is 0 Å². The van der Waals surface area contributed by atoms with E-state index in [1.807, 2.05) is 10.9 Å². The smallest absolute Gasteiger partial charge is 0.0768 e. The van der Waals surface area contributed by atoms with E-state index in [2.05, 4.69) is 45.9 Å². The van der Waals surface area contributed by atoms with Crippen molar-refractivity contribution < 1.29 is 0 Å². The summed E-state index contributed by atoms with van der Waals surface area (Å²) >= 11 is 0. The van der Waals surface area contributed by atoms with Crippen LogP contribution in [-0.2, 0) is 13.0 Å². The summed E-state index contributed by atoms with van der Waals surface area (Å²) in [6, 6.07) is 0. The van der Waals surface area contributed by atoms with Crippen LogP contribution in [0.4, 0.5) is 0 Å². The molecule has 0 aliphatic heterocycles. The van der Waals surface area contributed by atoms with E-state index < -0.39 is 0 Å². The molecule has 0 saturated carbocycles. The number of aryl methyl sites for hydroxylation is 2. The molecule has 0 atom stereocenters. The van der Waals surface area contributed by atoms with Crippen molar-refractivity contribution in [3.05, 3.63) is 34.8 Å². The van der Waals surface area contributed by atoms with Crippen molar-refractivity contribution in [1.82, 2.24) is 14.8 Å². The highest BCUT2D eigenvalue weighted by molar-refractivity contribution is 5.64. The van der Waals surface area contributed by atoms with E-state index in [1.165, 1.54) is 16.7 Å². The first kappa shape index (κ1) is 12.8. The first-order chi connectivity index (χ1) is 8.58. The van der Waals surface area contributed by atoms with Gasteiger partial charge in [0.2, 0.25) is 0 Å². The molecular formula is C15H21N3. The summed E-state index contributed by atoms with van der Waals surface area (Å²) in [6.07, 6.45) is 5.02. The molecule has 18 heavy (non-hydrogen) atoms. The van der Waals surface area contributed by atoms with Crippen molar-refractivity contribution in [1.29, 1.82) is 0 Å². The van der Waals surface area contributed by atoms with Gasteiger partial charge < -0.3 is 0 Å². The van der Waals surface area contributed by atoms with E-state index in [0.29, 0.717) is 0 Å². The topological polar surface area (TPSA) is 30.7 Å². The number of pyridine rings is 1. The molecule has 0 amide bonds. The van der Waals surface area contributed by atoms with E-state index >= 15 is 0 Å². The first-order valence-electron chi connectivity index (χ1n) is 6.57. The lowest BCUT2D eigenvalue weighted by Crippen LogP contribution is -2.01. The zero-order valence-electron chi connectivity index (χ0n) is 11.9. The molecule has 0 fully saturated rings. The molecule has 0 spiro atoms. The third-order valence-corrected chi connectivity index (χ3v) is 3.67. The van der Waals surface area contributed by atoms with E-state index in [-0.39, 0.29) is 0 Å². The number of hydrogen-bond donors (Lipinski definition) is 0. The minimum Gasteiger partial charge on any atom is -0.272 e. The molecule has 2 heterocycles. The zero-order valence-corrected chi connectivity index (χ0v) is 11.9. The second-order valence-corrected chi connectivity index (χ2v) is 4.71. The highest BCUT2D eigenvalue weighted by Gasteiger charge is 2.13. The van der Waals surface area contributed by atoms with E-state index in [1.54, 1.807) is 0 Å². The molecule has 2 rings (SSSR count). The minimum atomic E-state index is 0.893. The maximum atomic E-state index is 4.77. The van der Waals surface area contributed by atoms with Gasteiger partial charge in [-0.15, -0.1) is 0 Å². The average molecular weight is 243 g/mol. The van der Waals surface area contributed by atoms with Gasteiger partial charge in [-0.1, -0.05) is 6.92 Å². The maximum Gasteiger partial charge on any atom is 0.0768 e. The summed E-state index contributed by atoms with van der Waals surface area (Å²) < 4.78 is 1.94. The fraction of sp³-hybridized carbons (Fsp3) is 0.467. The molecule has 2 aromatic heterocycles. The second-order valence-electron chi connectivity index (χ2n) is 4.71. The molecular weight excluding hydrogens is 222 g/mol. The second kappa shape index (κ2) is 4.92. The van der Waals surface area contributed by atoms with Gasteiger partial charge in [-0.3, -0.25) is 9.67 Å². The number of rotatable bonds is 3. The van der Waals surface area contributed by atoms with Crippen LogP contribution in [0.2, 0.25) is 0 Å². The summed E-state index contributed by atoms with van der Waals surface area (Å²) in [5, 5.41) is 4.33. The van der Waals surface area contributed by atoms with E-state index in [0.717, 1.165) is 29.9 Å². The van der Waals surface area contributed by atoms with Gasteiger partial charge >= 0.3 is 0 Å². The first-order valence-corrected chi connectivity index (χ1v) is 6.57. The number of hydrogen-bond acceptors (Lipinski definition) is 2. The van der Waals surface area contributed by atoms with Crippen molar-refractivity contribution in [3.8, 4) is 11.3 Å². The molecule has 0 aliphatic carbocycles. The van der Waals surface area contributed by atoms with Gasteiger partial charge in [0, 0.05) is 24.0 Å². The molecule has 0 aromatic carbocycles. The van der Waals surface area contributed by atoms with Crippen LogP contribution in [0, 0.1) is 20.8 Å². The van der Waals surface area contributed by atoms with Crippen LogP contribution in [0.25, 0.3) is 11.3 Å². The highest BCUT2D eigenvalue weighted by atomic mass is 15.3. The third-order valence-electron chi connectivity index (χ3n) is 3.67. The highest BCUT2D eigenvalue weighted by Crippen LogP contribution is 2.27. The molecule has 96 valence electrons. The van der Waals surface area contributed by atoms with Gasteiger partial charge in [0.05, 0.1) is 11.9 Å². The molecule has 0 unspecified atom stereocenters. The summed E-state index contributed by atoms with van der Waals surface area (Å²) in [6.45, 7) is 11.6. The van der Waals surface area contributed by atoms with Gasteiger partial charge in [0.1, 0.15) is 0 Å². The van der Waals surface area contributed by atoms with Crippen LogP contribution < -0.4 is 0 Å². The van der Waals surface area contributed by atoms with Gasteiger partial charge in [-0.05, 0) is 50.8 Å². The van der Waals surface area contributed by atoms with Gasteiger partial charge in [-0.2, -0.15) is 5.10 Å². The Morgan fingerprint density at radius 2 is 1.83 bits per heavy atom. The standard InChI is InChI=1S/C15H21N3/c1-6-14-10(3)11(4)15(17-12(14)5)13-8-16-18(7-2)9-13/h8-9H,6-7H2,1-5H3. The quantitative estimate of drug-likeness (QED) is 0.826. The summed E-state index contributed by atoms with van der Waals surface area (Å²) in [7, 11) is 0. The Morgan fingerprint density at radius 1 is 1.11 bits per heavy atom. The molecule has 2 aromatic rings. The SMILES string of the molecule is CCc1c(C)nc(-c2cnn(CC)c2)c(C)c1C. The van der Waals surface area contributed by atoms with Gasteiger partial charge in [0.25, 0.3) is 0 Å². The lowest BCUT2D eigenvalue weighted by Gasteiger charge is -2.13. The Labute approximate surface area is 109 Å². The third kappa shape index (κ3) is 2.05. The average Bonchev–Trinajstić information content (AvgIpc) is 2.83. The fourth-order valence-corrected chi connectivity index (χ4v) is 2.46. The Hall–Kier alpha value is -1.64. The Morgan fingerprint density at radius 3 is 2.39 bits per heavy atom. The molecule has 0 radical (unpaired) electrons. The molecule has 0 bridgehead atoms. The predicted molar refractivity (Wildman–Crippen MR) is 74.7 cm³/mol. The van der Waals surface area contributed by atoms with Gasteiger partial charge in [0.15, 0.2) is 0 Å². The van der Waals surface area contributed by atoms with Crippen LogP contribution >= 0.6 is 0 Å². The largest absolute Gasteiger partial charge is 0.272 e. The lowest BCUT2D eigenvalue weighted by atomic mass is 9.97. The number of aromatic nitrogens is 3. The van der Waals surface area contributed by atoms with Crippen molar-refractivity contribution in [2.75, 3.05) is 0 Å². The van der Waals surface area contributed by atoms with Crippen LogP contribution in [0.1, 0.15) is 36.2 Å². The monoisotopic (exact) mass is 243 g/mol. The number of nitrogens with zero attached hydrogens (tertiary/aromatic N) is 3. The molecule has 0 N–H and O–H groups in total. The summed E-state index contributed by atoms with van der Waals surface area (Å²) in [4.78, 5) is 4.77. The van der Waals surface area contributed by atoms with Crippen molar-refractivity contribution in [3.63, 3.8) is 0 Å². The Balaban J connectivity index is 2.58. The fourth-order valence-electron chi connectivity index (χ4n) is 2.46. The van der Waals surface area contributed by atoms with E-state index in [4.69, 9.17) is 4.98 Å². The van der Waals surface area contributed by atoms with Gasteiger partial charge in [-0.25, -0.2) is 0 Å². The molecule has 3 nitrogen and oxygen atoms in total. The van der Waals surface area contributed by atoms with Crippen molar-refractivity contribution >= 4 is 0 Å². The summed E-state index contributed by atoms with van der Waals surface area (Å²) in [5.41, 5.74) is 7.33. The zero-order chi connectivity index (χ0) is 13.3. The molecule has 0 aliphatic rings. The predicted octanol–water partition coefficient (Wildman–Crippen LogP) is 3.45. The lowest BCUT2D eigenvalue weighted by molar-refractivity contribution is 0.660.